The van der Waals surface area contributed by atoms with Crippen LogP contribution in [0.15, 0.2) is 48.7 Å². The summed E-state index contributed by atoms with van der Waals surface area (Å²) < 4.78 is 0. The zero-order chi connectivity index (χ0) is 12.1. The molecule has 0 spiro atoms. The van der Waals surface area contributed by atoms with E-state index in [1.807, 2.05) is 24.4 Å². The Bertz CT molecular complexity index is 461. The van der Waals surface area contributed by atoms with Crippen molar-refractivity contribution in [2.45, 2.75) is 13.8 Å². The van der Waals surface area contributed by atoms with E-state index in [-0.39, 0.29) is 0 Å². The number of hydrogen-bond acceptors (Lipinski definition) is 2. The second-order valence-corrected chi connectivity index (χ2v) is 3.94. The molecule has 0 fully saturated rings. The number of hydrogen-bond donors (Lipinski definition) is 0. The van der Waals surface area contributed by atoms with Crippen molar-refractivity contribution in [3.05, 3.63) is 48.7 Å². The van der Waals surface area contributed by atoms with Crippen LogP contribution in [-0.4, -0.2) is 18.1 Å². The average molecular weight is 226 g/mol. The highest BCUT2D eigenvalue weighted by Gasteiger charge is 2.04. The standard InChI is InChI=1S/C15H18N2/c1-3-17(4-2)14-10-11-16-15(12-14)13-8-6-5-7-9-13/h5-12H,3-4H2,1-2H3. The van der Waals surface area contributed by atoms with Crippen molar-refractivity contribution in [3.8, 4) is 11.3 Å². The molecule has 0 radical (unpaired) electrons. The summed E-state index contributed by atoms with van der Waals surface area (Å²) in [4.78, 5) is 6.76. The van der Waals surface area contributed by atoms with Crippen molar-refractivity contribution >= 4 is 5.69 Å². The third-order valence-electron chi connectivity index (χ3n) is 2.94. The lowest BCUT2D eigenvalue weighted by Crippen LogP contribution is -2.21. The van der Waals surface area contributed by atoms with Gasteiger partial charge >= 0.3 is 0 Å². The summed E-state index contributed by atoms with van der Waals surface area (Å²) in [6, 6.07) is 14.5. The number of rotatable bonds is 4. The molecule has 17 heavy (non-hydrogen) atoms. The Hall–Kier alpha value is -1.83. The summed E-state index contributed by atoms with van der Waals surface area (Å²) in [5.41, 5.74) is 3.44. The largest absolute Gasteiger partial charge is 0.372 e. The minimum Gasteiger partial charge on any atom is -0.372 e. The molecule has 0 amide bonds. The fourth-order valence-corrected chi connectivity index (χ4v) is 1.97. The molecule has 0 atom stereocenters. The van der Waals surface area contributed by atoms with E-state index in [1.165, 1.54) is 11.3 Å². The van der Waals surface area contributed by atoms with Crippen LogP contribution in [0.1, 0.15) is 13.8 Å². The lowest BCUT2D eigenvalue weighted by Gasteiger charge is -2.21. The lowest BCUT2D eigenvalue weighted by molar-refractivity contribution is 0.865. The average Bonchev–Trinajstić information content (AvgIpc) is 2.42. The van der Waals surface area contributed by atoms with Gasteiger partial charge in [-0.3, -0.25) is 4.98 Å². The van der Waals surface area contributed by atoms with Gasteiger partial charge in [-0.05, 0) is 26.0 Å². The Morgan fingerprint density at radius 1 is 1.00 bits per heavy atom. The maximum atomic E-state index is 4.43. The van der Waals surface area contributed by atoms with Gasteiger partial charge in [-0.1, -0.05) is 30.3 Å². The molecule has 2 nitrogen and oxygen atoms in total. The van der Waals surface area contributed by atoms with Crippen molar-refractivity contribution in [2.24, 2.45) is 0 Å². The van der Waals surface area contributed by atoms with Gasteiger partial charge in [0.25, 0.3) is 0 Å². The first-order valence-electron chi connectivity index (χ1n) is 6.11. The molecule has 0 bridgehead atoms. The van der Waals surface area contributed by atoms with E-state index in [2.05, 4.69) is 48.0 Å². The molecular formula is C15H18N2. The molecular weight excluding hydrogens is 208 g/mol. The predicted molar refractivity (Wildman–Crippen MR) is 73.2 cm³/mol. The molecule has 2 heteroatoms. The molecule has 0 unspecified atom stereocenters. The molecule has 1 aromatic heterocycles. The topological polar surface area (TPSA) is 16.1 Å². The van der Waals surface area contributed by atoms with Crippen LogP contribution in [0.5, 0.6) is 0 Å². The summed E-state index contributed by atoms with van der Waals surface area (Å²) >= 11 is 0. The van der Waals surface area contributed by atoms with E-state index in [4.69, 9.17) is 0 Å². The van der Waals surface area contributed by atoms with Gasteiger partial charge in [-0.15, -0.1) is 0 Å². The molecule has 2 aromatic rings. The first-order valence-corrected chi connectivity index (χ1v) is 6.11. The highest BCUT2D eigenvalue weighted by molar-refractivity contribution is 5.64. The van der Waals surface area contributed by atoms with E-state index in [0.717, 1.165) is 18.8 Å². The molecule has 0 saturated heterocycles. The highest BCUT2D eigenvalue weighted by atomic mass is 15.1. The molecule has 0 saturated carbocycles. The molecule has 2 rings (SSSR count). The number of benzene rings is 1. The Kier molecular flexibility index (Phi) is 3.76. The van der Waals surface area contributed by atoms with Gasteiger partial charge < -0.3 is 4.90 Å². The van der Waals surface area contributed by atoms with Crippen molar-refractivity contribution in [2.75, 3.05) is 18.0 Å². The van der Waals surface area contributed by atoms with Gasteiger partial charge in [0, 0.05) is 30.5 Å². The smallest absolute Gasteiger partial charge is 0.0722 e. The van der Waals surface area contributed by atoms with Crippen LogP contribution in [0.3, 0.4) is 0 Å². The molecule has 0 aliphatic carbocycles. The Balaban J connectivity index is 2.35. The zero-order valence-corrected chi connectivity index (χ0v) is 10.4. The van der Waals surface area contributed by atoms with Crippen LogP contribution in [0, 0.1) is 0 Å². The maximum absolute atomic E-state index is 4.43. The van der Waals surface area contributed by atoms with Crippen molar-refractivity contribution in [3.63, 3.8) is 0 Å². The number of pyridine rings is 1. The van der Waals surface area contributed by atoms with Gasteiger partial charge in [-0.2, -0.15) is 0 Å². The number of aromatic nitrogens is 1. The van der Waals surface area contributed by atoms with Gasteiger partial charge in [0.2, 0.25) is 0 Å². The quantitative estimate of drug-likeness (QED) is 0.792. The Labute approximate surface area is 103 Å². The van der Waals surface area contributed by atoms with E-state index >= 15 is 0 Å². The van der Waals surface area contributed by atoms with Crippen molar-refractivity contribution < 1.29 is 0 Å². The van der Waals surface area contributed by atoms with Crippen LogP contribution < -0.4 is 4.90 Å². The Morgan fingerprint density at radius 2 is 1.71 bits per heavy atom. The third-order valence-corrected chi connectivity index (χ3v) is 2.94. The molecule has 1 aromatic carbocycles. The van der Waals surface area contributed by atoms with Crippen LogP contribution in [0.25, 0.3) is 11.3 Å². The van der Waals surface area contributed by atoms with Gasteiger partial charge in [-0.25, -0.2) is 0 Å². The summed E-state index contributed by atoms with van der Waals surface area (Å²) in [7, 11) is 0. The number of nitrogens with zero attached hydrogens (tertiary/aromatic N) is 2. The van der Waals surface area contributed by atoms with E-state index < -0.39 is 0 Å². The van der Waals surface area contributed by atoms with Gasteiger partial charge in [0.15, 0.2) is 0 Å². The van der Waals surface area contributed by atoms with Crippen LogP contribution >= 0.6 is 0 Å². The fourth-order valence-electron chi connectivity index (χ4n) is 1.97. The zero-order valence-electron chi connectivity index (χ0n) is 10.4. The summed E-state index contributed by atoms with van der Waals surface area (Å²) in [6.07, 6.45) is 1.88. The van der Waals surface area contributed by atoms with Gasteiger partial charge in [0.05, 0.1) is 5.69 Å². The van der Waals surface area contributed by atoms with Crippen LogP contribution in [0.4, 0.5) is 5.69 Å². The predicted octanol–water partition coefficient (Wildman–Crippen LogP) is 3.59. The summed E-state index contributed by atoms with van der Waals surface area (Å²) in [5, 5.41) is 0. The third kappa shape index (κ3) is 2.64. The van der Waals surface area contributed by atoms with Crippen molar-refractivity contribution in [1.29, 1.82) is 0 Å². The second-order valence-electron chi connectivity index (χ2n) is 3.94. The first-order chi connectivity index (χ1) is 8.35. The highest BCUT2D eigenvalue weighted by Crippen LogP contribution is 2.21. The first kappa shape index (κ1) is 11.6. The lowest BCUT2D eigenvalue weighted by atomic mass is 10.1. The van der Waals surface area contributed by atoms with Crippen molar-refractivity contribution in [1.82, 2.24) is 4.98 Å². The van der Waals surface area contributed by atoms with E-state index in [0.29, 0.717) is 0 Å². The molecule has 0 N–H and O–H groups in total. The van der Waals surface area contributed by atoms with Gasteiger partial charge in [0.1, 0.15) is 0 Å². The molecule has 0 aliphatic rings. The summed E-state index contributed by atoms with van der Waals surface area (Å²) in [5.74, 6) is 0. The normalized spacial score (nSPS) is 10.2. The minimum absolute atomic E-state index is 1.02. The number of anilines is 1. The van der Waals surface area contributed by atoms with E-state index in [1.54, 1.807) is 0 Å². The monoisotopic (exact) mass is 226 g/mol. The SMILES string of the molecule is CCN(CC)c1ccnc(-c2ccccc2)c1. The molecule has 88 valence electrons. The minimum atomic E-state index is 1.02. The Morgan fingerprint density at radius 3 is 2.35 bits per heavy atom. The maximum Gasteiger partial charge on any atom is 0.0722 e. The van der Waals surface area contributed by atoms with Crippen LogP contribution in [-0.2, 0) is 0 Å². The molecule has 1 heterocycles. The van der Waals surface area contributed by atoms with Crippen LogP contribution in [0.2, 0.25) is 0 Å². The fraction of sp³-hybridized carbons (Fsp3) is 0.267. The molecule has 0 aliphatic heterocycles. The summed E-state index contributed by atoms with van der Waals surface area (Å²) in [6.45, 7) is 6.39. The second kappa shape index (κ2) is 5.48. The van der Waals surface area contributed by atoms with E-state index in [9.17, 15) is 0 Å².